The third-order valence-corrected chi connectivity index (χ3v) is 3.34. The molecule has 6 nitrogen and oxygen atoms in total. The predicted molar refractivity (Wildman–Crippen MR) is 93.0 cm³/mol. The standard InChI is InChI=1S/C18H21N3O3/c1-3-24-15-11-9-14(10-12-15)20-16(13-7-5-4-6-8-13)17(22)21-18(23)19-2/h4-12,16,20H,3H2,1-2H3,(H2,19,21,22,23)/t16-/m0/s1. The number of imide groups is 1. The lowest BCUT2D eigenvalue weighted by Crippen LogP contribution is -2.42. The first-order valence-corrected chi connectivity index (χ1v) is 7.71. The van der Waals surface area contributed by atoms with Gasteiger partial charge in [0.1, 0.15) is 11.8 Å². The number of ether oxygens (including phenoxy) is 1. The summed E-state index contributed by atoms with van der Waals surface area (Å²) in [5.41, 5.74) is 1.51. The molecule has 2 aromatic rings. The summed E-state index contributed by atoms with van der Waals surface area (Å²) >= 11 is 0. The molecule has 0 heterocycles. The summed E-state index contributed by atoms with van der Waals surface area (Å²) in [5.74, 6) is 0.323. The summed E-state index contributed by atoms with van der Waals surface area (Å²) in [6.07, 6.45) is 0. The number of amides is 3. The third kappa shape index (κ3) is 4.74. The van der Waals surface area contributed by atoms with Gasteiger partial charge in [0.2, 0.25) is 0 Å². The second kappa shape index (κ2) is 8.57. The molecule has 0 aliphatic heterocycles. The maximum atomic E-state index is 12.4. The summed E-state index contributed by atoms with van der Waals surface area (Å²) in [5, 5.41) is 7.82. The molecule has 0 aliphatic carbocycles. The lowest BCUT2D eigenvalue weighted by Gasteiger charge is -2.19. The highest BCUT2D eigenvalue weighted by molar-refractivity contribution is 5.98. The van der Waals surface area contributed by atoms with Crippen molar-refractivity contribution in [3.63, 3.8) is 0 Å². The Morgan fingerprint density at radius 1 is 1.04 bits per heavy atom. The van der Waals surface area contributed by atoms with E-state index in [-0.39, 0.29) is 0 Å². The molecule has 126 valence electrons. The van der Waals surface area contributed by atoms with E-state index in [4.69, 9.17) is 4.74 Å². The molecule has 2 rings (SSSR count). The maximum absolute atomic E-state index is 12.4. The first-order chi connectivity index (χ1) is 11.6. The minimum atomic E-state index is -0.693. The molecule has 1 atom stereocenters. The van der Waals surface area contributed by atoms with Gasteiger partial charge in [-0.3, -0.25) is 10.1 Å². The van der Waals surface area contributed by atoms with Crippen molar-refractivity contribution in [3.05, 3.63) is 60.2 Å². The molecule has 3 amide bonds. The monoisotopic (exact) mass is 327 g/mol. The van der Waals surface area contributed by atoms with Crippen molar-refractivity contribution in [1.29, 1.82) is 0 Å². The van der Waals surface area contributed by atoms with E-state index in [0.717, 1.165) is 17.0 Å². The van der Waals surface area contributed by atoms with Gasteiger partial charge in [-0.15, -0.1) is 0 Å². The molecule has 0 unspecified atom stereocenters. The van der Waals surface area contributed by atoms with Crippen molar-refractivity contribution in [2.24, 2.45) is 0 Å². The van der Waals surface area contributed by atoms with Crippen molar-refractivity contribution in [1.82, 2.24) is 10.6 Å². The smallest absolute Gasteiger partial charge is 0.321 e. The van der Waals surface area contributed by atoms with E-state index >= 15 is 0 Å². The van der Waals surface area contributed by atoms with E-state index in [1.165, 1.54) is 7.05 Å². The lowest BCUT2D eigenvalue weighted by atomic mass is 10.1. The normalized spacial score (nSPS) is 11.2. The quantitative estimate of drug-likeness (QED) is 0.762. The number of rotatable bonds is 6. The van der Waals surface area contributed by atoms with E-state index in [1.54, 1.807) is 0 Å². The van der Waals surface area contributed by atoms with Crippen molar-refractivity contribution in [2.45, 2.75) is 13.0 Å². The third-order valence-electron chi connectivity index (χ3n) is 3.34. The highest BCUT2D eigenvalue weighted by Gasteiger charge is 2.22. The number of hydrogen-bond acceptors (Lipinski definition) is 4. The number of carbonyl (C=O) groups excluding carboxylic acids is 2. The highest BCUT2D eigenvalue weighted by Crippen LogP contribution is 2.22. The van der Waals surface area contributed by atoms with Crippen LogP contribution < -0.4 is 20.7 Å². The topological polar surface area (TPSA) is 79.5 Å². The van der Waals surface area contributed by atoms with Crippen molar-refractivity contribution in [2.75, 3.05) is 19.0 Å². The minimum absolute atomic E-state index is 0.436. The zero-order valence-electron chi connectivity index (χ0n) is 13.7. The summed E-state index contributed by atoms with van der Waals surface area (Å²) in [4.78, 5) is 23.9. The van der Waals surface area contributed by atoms with Crippen LogP contribution in [0.1, 0.15) is 18.5 Å². The van der Waals surface area contributed by atoms with Crippen LogP contribution in [0.15, 0.2) is 54.6 Å². The van der Waals surface area contributed by atoms with E-state index in [0.29, 0.717) is 6.61 Å². The summed E-state index contributed by atoms with van der Waals surface area (Å²) in [6.45, 7) is 2.51. The Morgan fingerprint density at radius 3 is 2.29 bits per heavy atom. The minimum Gasteiger partial charge on any atom is -0.494 e. The number of urea groups is 1. The molecule has 3 N–H and O–H groups in total. The Balaban J connectivity index is 2.19. The molecule has 0 spiro atoms. The first kappa shape index (κ1) is 17.3. The van der Waals surface area contributed by atoms with E-state index in [1.807, 2.05) is 61.5 Å². The fraction of sp³-hybridized carbons (Fsp3) is 0.222. The van der Waals surface area contributed by atoms with Crippen LogP contribution in [-0.4, -0.2) is 25.6 Å². The van der Waals surface area contributed by atoms with Crippen LogP contribution in [0.4, 0.5) is 10.5 Å². The van der Waals surface area contributed by atoms with Crippen LogP contribution in [0.2, 0.25) is 0 Å². The molecular weight excluding hydrogens is 306 g/mol. The number of carbonyl (C=O) groups is 2. The van der Waals surface area contributed by atoms with Crippen molar-refractivity contribution >= 4 is 17.6 Å². The lowest BCUT2D eigenvalue weighted by molar-refractivity contribution is -0.120. The molecule has 24 heavy (non-hydrogen) atoms. The second-order valence-electron chi connectivity index (χ2n) is 5.01. The number of anilines is 1. The van der Waals surface area contributed by atoms with Crippen molar-refractivity contribution < 1.29 is 14.3 Å². The Morgan fingerprint density at radius 2 is 1.71 bits per heavy atom. The van der Waals surface area contributed by atoms with Gasteiger partial charge >= 0.3 is 6.03 Å². The van der Waals surface area contributed by atoms with Crippen LogP contribution in [0.25, 0.3) is 0 Å². The van der Waals surface area contributed by atoms with Crippen molar-refractivity contribution in [3.8, 4) is 5.75 Å². The van der Waals surface area contributed by atoms with Crippen LogP contribution in [0, 0.1) is 0 Å². The number of benzene rings is 2. The van der Waals surface area contributed by atoms with Crippen LogP contribution in [-0.2, 0) is 4.79 Å². The van der Waals surface area contributed by atoms with Crippen LogP contribution >= 0.6 is 0 Å². The molecular formula is C18H21N3O3. The molecule has 0 radical (unpaired) electrons. The Bertz CT molecular complexity index is 672. The molecule has 2 aromatic carbocycles. The number of hydrogen-bond donors (Lipinski definition) is 3. The molecule has 0 aromatic heterocycles. The van der Waals surface area contributed by atoms with E-state index < -0.39 is 18.0 Å². The largest absolute Gasteiger partial charge is 0.494 e. The van der Waals surface area contributed by atoms with Gasteiger partial charge < -0.3 is 15.4 Å². The highest BCUT2D eigenvalue weighted by atomic mass is 16.5. The Labute approximate surface area is 141 Å². The zero-order chi connectivity index (χ0) is 17.4. The van der Waals surface area contributed by atoms with E-state index in [9.17, 15) is 9.59 Å². The second-order valence-corrected chi connectivity index (χ2v) is 5.01. The summed E-state index contributed by atoms with van der Waals surface area (Å²) in [7, 11) is 1.46. The Hall–Kier alpha value is -3.02. The Kier molecular flexibility index (Phi) is 6.19. The van der Waals surface area contributed by atoms with Gasteiger partial charge in [-0.25, -0.2) is 4.79 Å². The summed E-state index contributed by atoms with van der Waals surface area (Å²) in [6, 6.07) is 15.3. The predicted octanol–water partition coefficient (Wildman–Crippen LogP) is 2.69. The van der Waals surface area contributed by atoms with E-state index in [2.05, 4.69) is 16.0 Å². The molecule has 0 bridgehead atoms. The van der Waals surface area contributed by atoms with Gasteiger partial charge in [0.15, 0.2) is 0 Å². The fourth-order valence-electron chi connectivity index (χ4n) is 2.17. The average molecular weight is 327 g/mol. The average Bonchev–Trinajstić information content (AvgIpc) is 2.61. The van der Waals surface area contributed by atoms with Gasteiger partial charge in [0, 0.05) is 12.7 Å². The van der Waals surface area contributed by atoms with Gasteiger partial charge in [0.25, 0.3) is 5.91 Å². The molecule has 0 fully saturated rings. The number of nitrogens with one attached hydrogen (secondary N) is 3. The fourth-order valence-corrected chi connectivity index (χ4v) is 2.17. The maximum Gasteiger partial charge on any atom is 0.321 e. The zero-order valence-corrected chi connectivity index (χ0v) is 13.7. The molecule has 6 heteroatoms. The van der Waals surface area contributed by atoms with Crippen LogP contribution in [0.3, 0.4) is 0 Å². The SMILES string of the molecule is CCOc1ccc(N[C@H](C(=O)NC(=O)NC)c2ccccc2)cc1. The van der Waals surface area contributed by atoms with Crippen LogP contribution in [0.5, 0.6) is 5.75 Å². The molecule has 0 saturated carbocycles. The first-order valence-electron chi connectivity index (χ1n) is 7.71. The van der Waals surface area contributed by atoms with Gasteiger partial charge in [-0.1, -0.05) is 30.3 Å². The summed E-state index contributed by atoms with van der Waals surface area (Å²) < 4.78 is 5.41. The van der Waals surface area contributed by atoms with Gasteiger partial charge in [0.05, 0.1) is 6.61 Å². The van der Waals surface area contributed by atoms with Gasteiger partial charge in [-0.05, 0) is 36.8 Å². The van der Waals surface area contributed by atoms with Gasteiger partial charge in [-0.2, -0.15) is 0 Å². The molecule has 0 aliphatic rings. The molecule has 0 saturated heterocycles.